The predicted molar refractivity (Wildman–Crippen MR) is 97.1 cm³/mol. The summed E-state index contributed by atoms with van der Waals surface area (Å²) in [6, 6.07) is 5.30. The Morgan fingerprint density at radius 1 is 1.17 bits per heavy atom. The Balaban J connectivity index is 1.29. The minimum absolute atomic E-state index is 0.0446. The van der Waals surface area contributed by atoms with Crippen molar-refractivity contribution in [3.8, 4) is 0 Å². The fourth-order valence-electron chi connectivity index (χ4n) is 4.33. The Kier molecular flexibility index (Phi) is 4.61. The number of allylic oxidation sites excluding steroid dienone is 2. The Hall–Kier alpha value is -3.56. The summed E-state index contributed by atoms with van der Waals surface area (Å²) in [6.07, 6.45) is 4.71. The molecule has 1 aromatic rings. The number of fused-ring (bicyclic) bond motifs is 5. The summed E-state index contributed by atoms with van der Waals surface area (Å²) in [5.74, 6) is -3.01. The number of anilines is 1. The first kappa shape index (κ1) is 18.8. The number of ether oxygens (including phenoxy) is 1. The van der Waals surface area contributed by atoms with E-state index in [1.54, 1.807) is 0 Å². The van der Waals surface area contributed by atoms with Crippen LogP contribution in [0.5, 0.6) is 0 Å². The smallest absolute Gasteiger partial charge is 0.326 e. The molecule has 1 aliphatic heterocycles. The van der Waals surface area contributed by atoms with Crippen LogP contribution in [0.2, 0.25) is 0 Å². The third kappa shape index (κ3) is 3.37. The number of benzene rings is 1. The number of carbonyl (C=O) groups is 4. The van der Waals surface area contributed by atoms with E-state index in [0.717, 1.165) is 11.3 Å². The quantitative estimate of drug-likeness (QED) is 0.247. The molecular formula is C19H17N3O7. The van der Waals surface area contributed by atoms with E-state index in [0.29, 0.717) is 0 Å². The Morgan fingerprint density at radius 2 is 1.83 bits per heavy atom. The summed E-state index contributed by atoms with van der Waals surface area (Å²) in [7, 11) is 0. The van der Waals surface area contributed by atoms with Crippen molar-refractivity contribution in [1.29, 1.82) is 0 Å². The number of likely N-dealkylation sites (tertiary alicyclic amines) is 1. The molecule has 1 heterocycles. The van der Waals surface area contributed by atoms with E-state index >= 15 is 0 Å². The van der Waals surface area contributed by atoms with Gasteiger partial charge in [0.15, 0.2) is 6.61 Å². The molecule has 150 valence electrons. The van der Waals surface area contributed by atoms with E-state index in [9.17, 15) is 29.3 Å². The van der Waals surface area contributed by atoms with Crippen molar-refractivity contribution in [3.63, 3.8) is 0 Å². The summed E-state index contributed by atoms with van der Waals surface area (Å²) in [5, 5.41) is 13.1. The number of nitrogens with zero attached hydrogens (tertiary/aromatic N) is 2. The predicted octanol–water partition coefficient (Wildman–Crippen LogP) is 0.884. The van der Waals surface area contributed by atoms with Gasteiger partial charge >= 0.3 is 5.97 Å². The molecule has 1 aromatic carbocycles. The summed E-state index contributed by atoms with van der Waals surface area (Å²) < 4.78 is 4.86. The van der Waals surface area contributed by atoms with Gasteiger partial charge in [-0.25, -0.2) is 0 Å². The number of nitro groups is 1. The topological polar surface area (TPSA) is 136 Å². The van der Waals surface area contributed by atoms with Crippen molar-refractivity contribution in [2.24, 2.45) is 23.7 Å². The molecule has 3 aliphatic rings. The second-order valence-corrected chi connectivity index (χ2v) is 7.28. The van der Waals surface area contributed by atoms with Crippen LogP contribution in [0, 0.1) is 33.8 Å². The van der Waals surface area contributed by atoms with Crippen molar-refractivity contribution in [1.82, 2.24) is 4.90 Å². The lowest BCUT2D eigenvalue weighted by molar-refractivity contribution is -0.384. The van der Waals surface area contributed by atoms with Crippen molar-refractivity contribution in [2.45, 2.75) is 6.42 Å². The highest BCUT2D eigenvalue weighted by atomic mass is 16.6. The van der Waals surface area contributed by atoms with Crippen LogP contribution in [-0.2, 0) is 23.9 Å². The first-order valence-corrected chi connectivity index (χ1v) is 9.08. The Morgan fingerprint density at radius 3 is 2.45 bits per heavy atom. The van der Waals surface area contributed by atoms with Crippen LogP contribution >= 0.6 is 0 Å². The van der Waals surface area contributed by atoms with Gasteiger partial charge in [0.1, 0.15) is 6.54 Å². The minimum atomic E-state index is -0.874. The van der Waals surface area contributed by atoms with Crippen LogP contribution < -0.4 is 5.32 Å². The van der Waals surface area contributed by atoms with E-state index in [1.165, 1.54) is 24.3 Å². The maximum atomic E-state index is 12.5. The molecule has 4 rings (SSSR count). The summed E-state index contributed by atoms with van der Waals surface area (Å²) in [6.45, 7) is -1.17. The van der Waals surface area contributed by atoms with Gasteiger partial charge in [0.25, 0.3) is 11.6 Å². The van der Waals surface area contributed by atoms with E-state index in [-0.39, 0.29) is 35.0 Å². The lowest BCUT2D eigenvalue weighted by Gasteiger charge is -2.16. The third-order valence-electron chi connectivity index (χ3n) is 5.55. The van der Waals surface area contributed by atoms with E-state index in [2.05, 4.69) is 5.32 Å². The van der Waals surface area contributed by atoms with Crippen LogP contribution in [0.15, 0.2) is 36.4 Å². The van der Waals surface area contributed by atoms with Crippen LogP contribution in [0.25, 0.3) is 0 Å². The first-order chi connectivity index (χ1) is 13.8. The van der Waals surface area contributed by atoms with E-state index in [4.69, 9.17) is 4.74 Å². The molecule has 0 unspecified atom stereocenters. The Bertz CT molecular complexity index is 927. The number of esters is 1. The number of hydrogen-bond acceptors (Lipinski definition) is 7. The van der Waals surface area contributed by atoms with Crippen molar-refractivity contribution >= 4 is 35.1 Å². The second kappa shape index (κ2) is 7.12. The number of nitrogens with one attached hydrogen (secondary N) is 1. The average molecular weight is 399 g/mol. The van der Waals surface area contributed by atoms with Gasteiger partial charge in [-0.2, -0.15) is 0 Å². The molecule has 0 aromatic heterocycles. The summed E-state index contributed by atoms with van der Waals surface area (Å²) in [4.78, 5) is 60.0. The van der Waals surface area contributed by atoms with Gasteiger partial charge in [-0.3, -0.25) is 34.2 Å². The van der Waals surface area contributed by atoms with Crippen LogP contribution in [0.1, 0.15) is 6.42 Å². The zero-order valence-electron chi connectivity index (χ0n) is 15.1. The van der Waals surface area contributed by atoms with Crippen LogP contribution in [0.4, 0.5) is 11.4 Å². The molecule has 10 heteroatoms. The number of carbonyl (C=O) groups excluding carboxylic acids is 4. The molecular weight excluding hydrogens is 382 g/mol. The number of imide groups is 1. The maximum Gasteiger partial charge on any atom is 0.326 e. The molecule has 10 nitrogen and oxygen atoms in total. The molecule has 2 bridgehead atoms. The van der Waals surface area contributed by atoms with E-state index < -0.39 is 41.8 Å². The average Bonchev–Trinajstić information content (AvgIpc) is 3.37. The maximum absolute atomic E-state index is 12.5. The molecule has 1 N–H and O–H groups in total. The molecule has 1 saturated carbocycles. The molecule has 29 heavy (non-hydrogen) atoms. The highest BCUT2D eigenvalue weighted by Gasteiger charge is 2.59. The fraction of sp³-hybridized carbons (Fsp3) is 0.368. The van der Waals surface area contributed by atoms with Gasteiger partial charge in [0, 0.05) is 17.8 Å². The van der Waals surface area contributed by atoms with Gasteiger partial charge in [-0.1, -0.05) is 18.2 Å². The zero-order valence-corrected chi connectivity index (χ0v) is 15.1. The normalized spacial score (nSPS) is 26.6. The minimum Gasteiger partial charge on any atom is -0.454 e. The largest absolute Gasteiger partial charge is 0.454 e. The lowest BCUT2D eigenvalue weighted by atomic mass is 9.85. The molecule has 3 amide bonds. The molecule has 0 spiro atoms. The summed E-state index contributed by atoms with van der Waals surface area (Å²) in [5.41, 5.74) is -0.0131. The molecule has 2 aliphatic carbocycles. The van der Waals surface area contributed by atoms with Crippen LogP contribution in [0.3, 0.4) is 0 Å². The van der Waals surface area contributed by atoms with Gasteiger partial charge in [-0.05, 0) is 24.3 Å². The van der Waals surface area contributed by atoms with Crippen molar-refractivity contribution < 1.29 is 28.8 Å². The fourth-order valence-corrected chi connectivity index (χ4v) is 4.33. The second-order valence-electron chi connectivity index (χ2n) is 7.28. The number of amides is 3. The number of hydrogen-bond donors (Lipinski definition) is 1. The number of rotatable bonds is 6. The molecule has 2 fully saturated rings. The van der Waals surface area contributed by atoms with Gasteiger partial charge in [0.05, 0.1) is 16.8 Å². The number of nitro benzene ring substituents is 1. The monoisotopic (exact) mass is 399 g/mol. The third-order valence-corrected chi connectivity index (χ3v) is 5.55. The zero-order chi connectivity index (χ0) is 20.7. The summed E-state index contributed by atoms with van der Waals surface area (Å²) >= 11 is 0. The highest BCUT2D eigenvalue weighted by molar-refractivity contribution is 6.08. The van der Waals surface area contributed by atoms with Gasteiger partial charge in [-0.15, -0.1) is 0 Å². The SMILES string of the molecule is O=C(COC(=O)CN1C(=O)[C@H]2[C@H](C1=O)[C@H]1C=C[C@H]2C1)Nc1cccc([N+](=O)[O-])c1. The van der Waals surface area contributed by atoms with Crippen molar-refractivity contribution in [3.05, 3.63) is 46.5 Å². The van der Waals surface area contributed by atoms with Crippen LogP contribution in [-0.4, -0.2) is 46.7 Å². The van der Waals surface area contributed by atoms with Crippen molar-refractivity contribution in [2.75, 3.05) is 18.5 Å². The lowest BCUT2D eigenvalue weighted by Crippen LogP contribution is -2.38. The molecule has 0 radical (unpaired) electrons. The molecule has 1 saturated heterocycles. The highest BCUT2D eigenvalue weighted by Crippen LogP contribution is 2.52. The Labute approximate surface area is 164 Å². The first-order valence-electron chi connectivity index (χ1n) is 9.08. The standard InChI is InChI=1S/C19H17N3O7/c23-14(20-12-2-1-3-13(7-12)22(27)28)9-29-15(24)8-21-18(25)16-10-4-5-11(6-10)17(16)19(21)26/h1-5,7,10-11,16-17H,6,8-9H2,(H,20,23)/t10-,11-,16+,17+/m0/s1. The molecule has 4 atom stereocenters. The van der Waals surface area contributed by atoms with Gasteiger partial charge < -0.3 is 10.1 Å². The number of non-ortho nitro benzene ring substituents is 1. The van der Waals surface area contributed by atoms with Gasteiger partial charge in [0.2, 0.25) is 11.8 Å². The van der Waals surface area contributed by atoms with E-state index in [1.807, 2.05) is 12.2 Å².